The van der Waals surface area contributed by atoms with Gasteiger partial charge in [-0.25, -0.2) is 0 Å². The molecule has 3 rings (SSSR count). The van der Waals surface area contributed by atoms with Crippen molar-refractivity contribution in [3.63, 3.8) is 0 Å². The molecule has 1 heterocycles. The van der Waals surface area contributed by atoms with Crippen molar-refractivity contribution in [2.24, 2.45) is 4.99 Å². The lowest BCUT2D eigenvalue weighted by Gasteiger charge is -2.31. The smallest absolute Gasteiger partial charge is 0.191 e. The van der Waals surface area contributed by atoms with E-state index < -0.39 is 0 Å². The predicted octanol–water partition coefficient (Wildman–Crippen LogP) is 3.75. The van der Waals surface area contributed by atoms with E-state index in [1.54, 1.807) is 0 Å². The Morgan fingerprint density at radius 2 is 1.79 bits per heavy atom. The van der Waals surface area contributed by atoms with Gasteiger partial charge < -0.3 is 10.6 Å². The third-order valence-electron chi connectivity index (χ3n) is 5.81. The minimum atomic E-state index is 0.728. The maximum absolute atomic E-state index is 4.37. The zero-order chi connectivity index (χ0) is 20.3. The summed E-state index contributed by atoms with van der Waals surface area (Å²) in [6, 6.07) is 15.5. The molecule has 0 saturated heterocycles. The SMILES string of the molecule is CN=C(NCCc1ccccn1)NCc1ccccc1CN(C)C1CCCCC1. The molecule has 156 valence electrons. The lowest BCUT2D eigenvalue weighted by Crippen LogP contribution is -2.38. The van der Waals surface area contributed by atoms with Gasteiger partial charge in [0.1, 0.15) is 0 Å². The van der Waals surface area contributed by atoms with E-state index in [1.807, 2.05) is 25.4 Å². The second-order valence-electron chi connectivity index (χ2n) is 7.90. The molecule has 0 atom stereocenters. The van der Waals surface area contributed by atoms with E-state index in [0.717, 1.165) is 43.8 Å². The van der Waals surface area contributed by atoms with Gasteiger partial charge in [-0.2, -0.15) is 0 Å². The van der Waals surface area contributed by atoms with E-state index in [4.69, 9.17) is 0 Å². The van der Waals surface area contributed by atoms with Crippen LogP contribution in [-0.2, 0) is 19.5 Å². The van der Waals surface area contributed by atoms with Gasteiger partial charge in [0.05, 0.1) is 0 Å². The molecular weight excluding hydrogens is 358 g/mol. The second-order valence-corrected chi connectivity index (χ2v) is 7.90. The molecule has 2 N–H and O–H groups in total. The molecule has 1 aromatic carbocycles. The number of hydrogen-bond donors (Lipinski definition) is 2. The van der Waals surface area contributed by atoms with Gasteiger partial charge in [0.15, 0.2) is 5.96 Å². The molecule has 2 aromatic rings. The molecule has 1 aliphatic rings. The van der Waals surface area contributed by atoms with Crippen LogP contribution in [-0.4, -0.2) is 42.5 Å². The van der Waals surface area contributed by atoms with Crippen LogP contribution in [0, 0.1) is 0 Å². The maximum atomic E-state index is 4.37. The number of guanidine groups is 1. The first-order chi connectivity index (χ1) is 14.3. The van der Waals surface area contributed by atoms with Crippen molar-refractivity contribution in [2.75, 3.05) is 20.6 Å². The van der Waals surface area contributed by atoms with Gasteiger partial charge in [0, 0.05) is 51.0 Å². The number of benzene rings is 1. The Hall–Kier alpha value is -2.40. The molecule has 1 saturated carbocycles. The normalized spacial score (nSPS) is 15.5. The minimum absolute atomic E-state index is 0.728. The fraction of sp³-hybridized carbons (Fsp3) is 0.500. The number of hydrogen-bond acceptors (Lipinski definition) is 3. The van der Waals surface area contributed by atoms with Gasteiger partial charge in [-0.1, -0.05) is 49.6 Å². The highest BCUT2D eigenvalue weighted by molar-refractivity contribution is 5.79. The van der Waals surface area contributed by atoms with E-state index in [2.05, 4.69) is 62.9 Å². The summed E-state index contributed by atoms with van der Waals surface area (Å²) >= 11 is 0. The Morgan fingerprint density at radius 1 is 1.03 bits per heavy atom. The van der Waals surface area contributed by atoms with Gasteiger partial charge >= 0.3 is 0 Å². The van der Waals surface area contributed by atoms with Crippen LogP contribution in [0.3, 0.4) is 0 Å². The molecule has 29 heavy (non-hydrogen) atoms. The second kappa shape index (κ2) is 11.6. The molecule has 0 aliphatic heterocycles. The topological polar surface area (TPSA) is 52.6 Å². The summed E-state index contributed by atoms with van der Waals surface area (Å²) in [4.78, 5) is 11.3. The quantitative estimate of drug-likeness (QED) is 0.530. The van der Waals surface area contributed by atoms with Crippen molar-refractivity contribution in [1.82, 2.24) is 20.5 Å². The molecule has 5 heteroatoms. The van der Waals surface area contributed by atoms with Crippen molar-refractivity contribution < 1.29 is 0 Å². The van der Waals surface area contributed by atoms with Gasteiger partial charge in [0.2, 0.25) is 0 Å². The first-order valence-electron chi connectivity index (χ1n) is 10.9. The number of nitrogens with one attached hydrogen (secondary N) is 2. The molecule has 5 nitrogen and oxygen atoms in total. The summed E-state index contributed by atoms with van der Waals surface area (Å²) in [6.07, 6.45) is 9.54. The molecule has 0 spiro atoms. The Labute approximate surface area is 175 Å². The summed E-state index contributed by atoms with van der Waals surface area (Å²) in [5.74, 6) is 0.830. The van der Waals surface area contributed by atoms with Gasteiger partial charge in [-0.15, -0.1) is 0 Å². The Bertz CT molecular complexity index is 753. The highest BCUT2D eigenvalue weighted by Crippen LogP contribution is 2.23. The number of aromatic nitrogens is 1. The third-order valence-corrected chi connectivity index (χ3v) is 5.81. The third kappa shape index (κ3) is 6.86. The summed E-state index contributed by atoms with van der Waals surface area (Å²) in [5, 5.41) is 6.85. The van der Waals surface area contributed by atoms with Crippen molar-refractivity contribution in [2.45, 2.75) is 57.7 Å². The van der Waals surface area contributed by atoms with Crippen molar-refractivity contribution in [1.29, 1.82) is 0 Å². The number of nitrogens with zero attached hydrogens (tertiary/aromatic N) is 3. The van der Waals surface area contributed by atoms with E-state index in [1.165, 1.54) is 43.2 Å². The highest BCUT2D eigenvalue weighted by Gasteiger charge is 2.18. The zero-order valence-electron chi connectivity index (χ0n) is 17.9. The summed E-state index contributed by atoms with van der Waals surface area (Å²) in [5.41, 5.74) is 3.83. The van der Waals surface area contributed by atoms with Crippen molar-refractivity contribution >= 4 is 5.96 Å². The van der Waals surface area contributed by atoms with Crippen LogP contribution in [0.25, 0.3) is 0 Å². The highest BCUT2D eigenvalue weighted by atomic mass is 15.2. The first kappa shape index (κ1) is 21.3. The Kier molecular flexibility index (Phi) is 8.50. The molecule has 0 amide bonds. The van der Waals surface area contributed by atoms with E-state index in [9.17, 15) is 0 Å². The fourth-order valence-corrected chi connectivity index (χ4v) is 4.06. The standard InChI is InChI=1S/C24H35N5/c1-25-24(27-17-15-22-12-8-9-16-26-22)28-18-20-10-6-7-11-21(20)19-29(2)23-13-4-3-5-14-23/h6-12,16,23H,3-5,13-15,17-19H2,1-2H3,(H2,25,27,28). The van der Waals surface area contributed by atoms with Crippen LogP contribution in [0.4, 0.5) is 0 Å². The molecule has 0 bridgehead atoms. The van der Waals surface area contributed by atoms with E-state index in [0.29, 0.717) is 0 Å². The van der Waals surface area contributed by atoms with Crippen LogP contribution < -0.4 is 10.6 Å². The van der Waals surface area contributed by atoms with Crippen LogP contribution in [0.1, 0.15) is 48.9 Å². The molecule has 1 aliphatic carbocycles. The maximum Gasteiger partial charge on any atom is 0.191 e. The molecule has 0 unspecified atom stereocenters. The average molecular weight is 394 g/mol. The average Bonchev–Trinajstić information content (AvgIpc) is 2.78. The lowest BCUT2D eigenvalue weighted by atomic mass is 9.94. The van der Waals surface area contributed by atoms with E-state index in [-0.39, 0.29) is 0 Å². The zero-order valence-corrected chi connectivity index (χ0v) is 17.9. The fourth-order valence-electron chi connectivity index (χ4n) is 4.06. The summed E-state index contributed by atoms with van der Waals surface area (Å²) < 4.78 is 0. The Balaban J connectivity index is 1.50. The van der Waals surface area contributed by atoms with Crippen LogP contribution in [0.2, 0.25) is 0 Å². The van der Waals surface area contributed by atoms with Gasteiger partial charge in [0.25, 0.3) is 0 Å². The molecular formula is C24H35N5. The van der Waals surface area contributed by atoms with Crippen LogP contribution in [0.15, 0.2) is 53.7 Å². The van der Waals surface area contributed by atoms with Gasteiger partial charge in [-0.05, 0) is 43.1 Å². The van der Waals surface area contributed by atoms with Crippen LogP contribution in [0.5, 0.6) is 0 Å². The molecule has 0 radical (unpaired) electrons. The van der Waals surface area contributed by atoms with Crippen molar-refractivity contribution in [3.8, 4) is 0 Å². The van der Waals surface area contributed by atoms with Gasteiger partial charge in [-0.3, -0.25) is 14.9 Å². The molecule has 1 fully saturated rings. The first-order valence-corrected chi connectivity index (χ1v) is 10.9. The summed E-state index contributed by atoms with van der Waals surface area (Å²) in [7, 11) is 4.09. The van der Waals surface area contributed by atoms with E-state index >= 15 is 0 Å². The minimum Gasteiger partial charge on any atom is -0.356 e. The largest absolute Gasteiger partial charge is 0.356 e. The lowest BCUT2D eigenvalue weighted by molar-refractivity contribution is 0.184. The number of aliphatic imine (C=N–C) groups is 1. The summed E-state index contributed by atoms with van der Waals surface area (Å²) in [6.45, 7) is 2.59. The van der Waals surface area contributed by atoms with Crippen LogP contribution >= 0.6 is 0 Å². The van der Waals surface area contributed by atoms with Crippen molar-refractivity contribution in [3.05, 3.63) is 65.5 Å². The Morgan fingerprint density at radius 3 is 2.52 bits per heavy atom. The number of pyridine rings is 1. The predicted molar refractivity (Wildman–Crippen MR) is 121 cm³/mol. The monoisotopic (exact) mass is 393 g/mol. The molecule has 1 aromatic heterocycles. The number of rotatable bonds is 8.